The summed E-state index contributed by atoms with van der Waals surface area (Å²) in [6.07, 6.45) is 0. The van der Waals surface area contributed by atoms with Crippen LogP contribution in [0.15, 0.2) is 18.2 Å². The molecular formula is C12H15ClN2O2. The molecule has 2 N–H and O–H groups in total. The van der Waals surface area contributed by atoms with Crippen molar-refractivity contribution in [1.82, 2.24) is 10.6 Å². The lowest BCUT2D eigenvalue weighted by molar-refractivity contribution is 0.0939. The quantitative estimate of drug-likeness (QED) is 0.852. The van der Waals surface area contributed by atoms with Gasteiger partial charge in [0.15, 0.2) is 0 Å². The van der Waals surface area contributed by atoms with Gasteiger partial charge in [-0.05, 0) is 18.2 Å². The standard InChI is InChI=1S/C12H15ClN2O2/c1-17-11-4-9(13)2-3-10(11)12(16)15-7-8-5-14-6-8/h2-4,8,14H,5-7H2,1H3,(H,15,16). The number of rotatable bonds is 4. The Kier molecular flexibility index (Phi) is 3.86. The van der Waals surface area contributed by atoms with Crippen molar-refractivity contribution in [1.29, 1.82) is 0 Å². The molecule has 2 rings (SSSR count). The van der Waals surface area contributed by atoms with Crippen molar-refractivity contribution in [2.45, 2.75) is 0 Å². The molecule has 1 fully saturated rings. The van der Waals surface area contributed by atoms with Crippen molar-refractivity contribution < 1.29 is 9.53 Å². The molecule has 0 aromatic heterocycles. The smallest absolute Gasteiger partial charge is 0.255 e. The fourth-order valence-corrected chi connectivity index (χ4v) is 1.84. The summed E-state index contributed by atoms with van der Waals surface area (Å²) in [6, 6.07) is 5.00. The Hall–Kier alpha value is -1.26. The van der Waals surface area contributed by atoms with Crippen LogP contribution >= 0.6 is 11.6 Å². The van der Waals surface area contributed by atoms with Gasteiger partial charge in [-0.15, -0.1) is 0 Å². The third-order valence-corrected chi connectivity index (χ3v) is 3.06. The molecule has 4 nitrogen and oxygen atoms in total. The Morgan fingerprint density at radius 2 is 2.35 bits per heavy atom. The largest absolute Gasteiger partial charge is 0.496 e. The molecule has 1 aromatic rings. The summed E-state index contributed by atoms with van der Waals surface area (Å²) in [4.78, 5) is 11.9. The average molecular weight is 255 g/mol. The Balaban J connectivity index is 2.01. The average Bonchev–Trinajstić information content (AvgIpc) is 2.26. The zero-order chi connectivity index (χ0) is 12.3. The molecular weight excluding hydrogens is 240 g/mol. The van der Waals surface area contributed by atoms with E-state index in [1.54, 1.807) is 18.2 Å². The molecule has 0 bridgehead atoms. The number of hydrogen-bond acceptors (Lipinski definition) is 3. The van der Waals surface area contributed by atoms with Crippen LogP contribution in [0.3, 0.4) is 0 Å². The predicted octanol–water partition coefficient (Wildman–Crippen LogP) is 1.30. The van der Waals surface area contributed by atoms with Gasteiger partial charge in [0.25, 0.3) is 5.91 Å². The molecule has 0 atom stereocenters. The fraction of sp³-hybridized carbons (Fsp3) is 0.417. The lowest BCUT2D eigenvalue weighted by Gasteiger charge is -2.27. The first-order valence-corrected chi connectivity index (χ1v) is 5.91. The second-order valence-electron chi connectivity index (χ2n) is 4.08. The van der Waals surface area contributed by atoms with Gasteiger partial charge in [-0.25, -0.2) is 0 Å². The van der Waals surface area contributed by atoms with Crippen LogP contribution in [-0.2, 0) is 0 Å². The third-order valence-electron chi connectivity index (χ3n) is 2.83. The molecule has 1 aromatic carbocycles. The molecule has 17 heavy (non-hydrogen) atoms. The van der Waals surface area contributed by atoms with Gasteiger partial charge in [-0.1, -0.05) is 11.6 Å². The van der Waals surface area contributed by atoms with Crippen LogP contribution in [-0.4, -0.2) is 32.7 Å². The lowest BCUT2D eigenvalue weighted by atomic mass is 10.0. The highest BCUT2D eigenvalue weighted by molar-refractivity contribution is 6.30. The minimum Gasteiger partial charge on any atom is -0.496 e. The maximum atomic E-state index is 11.9. The summed E-state index contributed by atoms with van der Waals surface area (Å²) >= 11 is 5.84. The van der Waals surface area contributed by atoms with E-state index in [4.69, 9.17) is 16.3 Å². The van der Waals surface area contributed by atoms with Crippen LogP contribution in [0.4, 0.5) is 0 Å². The summed E-state index contributed by atoms with van der Waals surface area (Å²) in [5, 5.41) is 6.61. The number of benzene rings is 1. The van der Waals surface area contributed by atoms with Crippen molar-refractivity contribution >= 4 is 17.5 Å². The highest BCUT2D eigenvalue weighted by atomic mass is 35.5. The van der Waals surface area contributed by atoms with E-state index in [1.807, 2.05) is 0 Å². The molecule has 1 saturated heterocycles. The summed E-state index contributed by atoms with van der Waals surface area (Å²) in [6.45, 7) is 2.63. The summed E-state index contributed by atoms with van der Waals surface area (Å²) in [5.41, 5.74) is 0.518. The van der Waals surface area contributed by atoms with Gasteiger partial charge >= 0.3 is 0 Å². The predicted molar refractivity (Wildman–Crippen MR) is 66.7 cm³/mol. The highest BCUT2D eigenvalue weighted by Crippen LogP contribution is 2.22. The number of carbonyl (C=O) groups is 1. The number of methoxy groups -OCH3 is 1. The van der Waals surface area contributed by atoms with Gasteiger partial charge in [0.05, 0.1) is 12.7 Å². The molecule has 5 heteroatoms. The van der Waals surface area contributed by atoms with Crippen LogP contribution in [0.25, 0.3) is 0 Å². The van der Waals surface area contributed by atoms with Crippen molar-refractivity contribution in [2.75, 3.05) is 26.7 Å². The van der Waals surface area contributed by atoms with Gasteiger partial charge in [0, 0.05) is 30.6 Å². The Labute approximate surface area is 105 Å². The number of ether oxygens (including phenoxy) is 1. The number of halogens is 1. The normalized spacial score (nSPS) is 15.2. The van der Waals surface area contributed by atoms with Gasteiger partial charge in [0.1, 0.15) is 5.75 Å². The fourth-order valence-electron chi connectivity index (χ4n) is 1.68. The van der Waals surface area contributed by atoms with Crippen LogP contribution in [0.2, 0.25) is 5.02 Å². The van der Waals surface area contributed by atoms with Gasteiger partial charge in [0.2, 0.25) is 0 Å². The monoisotopic (exact) mass is 254 g/mol. The van der Waals surface area contributed by atoms with E-state index < -0.39 is 0 Å². The number of nitrogens with one attached hydrogen (secondary N) is 2. The zero-order valence-corrected chi connectivity index (χ0v) is 10.4. The van der Waals surface area contributed by atoms with Crippen LogP contribution in [0.1, 0.15) is 10.4 Å². The van der Waals surface area contributed by atoms with E-state index in [9.17, 15) is 4.79 Å². The van der Waals surface area contributed by atoms with E-state index in [-0.39, 0.29) is 5.91 Å². The molecule has 1 heterocycles. The maximum absolute atomic E-state index is 11.9. The van der Waals surface area contributed by atoms with E-state index in [0.717, 1.165) is 13.1 Å². The van der Waals surface area contributed by atoms with Gasteiger partial charge < -0.3 is 15.4 Å². The van der Waals surface area contributed by atoms with Crippen LogP contribution in [0, 0.1) is 5.92 Å². The molecule has 0 saturated carbocycles. The summed E-state index contributed by atoms with van der Waals surface area (Å²) in [5.74, 6) is 0.921. The first-order chi connectivity index (χ1) is 8.20. The second-order valence-corrected chi connectivity index (χ2v) is 4.52. The Morgan fingerprint density at radius 3 is 2.94 bits per heavy atom. The van der Waals surface area contributed by atoms with Crippen molar-refractivity contribution in [2.24, 2.45) is 5.92 Å². The Morgan fingerprint density at radius 1 is 1.59 bits per heavy atom. The molecule has 0 unspecified atom stereocenters. The van der Waals surface area contributed by atoms with E-state index in [0.29, 0.717) is 28.8 Å². The minimum atomic E-state index is -0.120. The van der Waals surface area contributed by atoms with Crippen molar-refractivity contribution in [3.05, 3.63) is 28.8 Å². The summed E-state index contributed by atoms with van der Waals surface area (Å²) in [7, 11) is 1.53. The molecule has 0 spiro atoms. The molecule has 92 valence electrons. The first kappa shape index (κ1) is 12.2. The number of carbonyl (C=O) groups excluding carboxylic acids is 1. The molecule has 1 aliphatic heterocycles. The van der Waals surface area contributed by atoms with E-state index >= 15 is 0 Å². The molecule has 0 aliphatic carbocycles. The number of amides is 1. The van der Waals surface area contributed by atoms with E-state index in [1.165, 1.54) is 7.11 Å². The second kappa shape index (κ2) is 5.38. The molecule has 1 amide bonds. The number of hydrogen-bond donors (Lipinski definition) is 2. The SMILES string of the molecule is COc1cc(Cl)ccc1C(=O)NCC1CNC1. The Bertz CT molecular complexity index is 419. The van der Waals surface area contributed by atoms with Gasteiger partial charge in [-0.2, -0.15) is 0 Å². The van der Waals surface area contributed by atoms with Crippen molar-refractivity contribution in [3.63, 3.8) is 0 Å². The molecule has 0 radical (unpaired) electrons. The van der Waals surface area contributed by atoms with Crippen LogP contribution in [0.5, 0.6) is 5.75 Å². The summed E-state index contributed by atoms with van der Waals surface area (Å²) < 4.78 is 5.14. The highest BCUT2D eigenvalue weighted by Gasteiger charge is 2.19. The van der Waals surface area contributed by atoms with E-state index in [2.05, 4.69) is 10.6 Å². The van der Waals surface area contributed by atoms with Crippen molar-refractivity contribution in [3.8, 4) is 5.75 Å². The zero-order valence-electron chi connectivity index (χ0n) is 9.63. The molecule has 1 aliphatic rings. The lowest BCUT2D eigenvalue weighted by Crippen LogP contribution is -2.48. The minimum absolute atomic E-state index is 0.120. The topological polar surface area (TPSA) is 50.4 Å². The van der Waals surface area contributed by atoms with Gasteiger partial charge in [-0.3, -0.25) is 4.79 Å². The van der Waals surface area contributed by atoms with Crippen LogP contribution < -0.4 is 15.4 Å². The third kappa shape index (κ3) is 2.90. The maximum Gasteiger partial charge on any atom is 0.255 e. The first-order valence-electron chi connectivity index (χ1n) is 5.53.